The van der Waals surface area contributed by atoms with Crippen molar-refractivity contribution in [1.82, 2.24) is 14.4 Å². The van der Waals surface area contributed by atoms with Gasteiger partial charge in [-0.25, -0.2) is 0 Å². The van der Waals surface area contributed by atoms with E-state index in [1.165, 1.54) is 107 Å². The molecule has 1 aromatic heterocycles. The van der Waals surface area contributed by atoms with E-state index in [1.807, 2.05) is 12.3 Å². The van der Waals surface area contributed by atoms with Crippen LogP contribution in [0, 0.1) is 0 Å². The van der Waals surface area contributed by atoms with Crippen molar-refractivity contribution < 1.29 is 4.74 Å². The minimum atomic E-state index is 0.00326. The van der Waals surface area contributed by atoms with Crippen LogP contribution in [0.2, 0.25) is 0 Å². The Hall–Kier alpha value is -2.89. The van der Waals surface area contributed by atoms with Crippen molar-refractivity contribution in [3.63, 3.8) is 0 Å². The summed E-state index contributed by atoms with van der Waals surface area (Å²) in [6.07, 6.45) is 23.6. The Morgan fingerprint density at radius 3 is 1.51 bits per heavy atom. The van der Waals surface area contributed by atoms with Crippen LogP contribution in [0.1, 0.15) is 126 Å². The number of benzene rings is 2. The van der Waals surface area contributed by atoms with Gasteiger partial charge < -0.3 is 9.30 Å². The number of nitrogens with zero attached hydrogens (tertiary/aromatic N) is 3. The van der Waals surface area contributed by atoms with Crippen LogP contribution in [-0.2, 0) is 19.6 Å². The summed E-state index contributed by atoms with van der Waals surface area (Å²) in [7, 11) is 0. The van der Waals surface area contributed by atoms with E-state index in [1.54, 1.807) is 0 Å². The number of rotatable bonds is 24. The molecule has 4 rings (SSSR count). The molecule has 47 heavy (non-hydrogen) atoms. The van der Waals surface area contributed by atoms with Gasteiger partial charge in [0.05, 0.1) is 12.8 Å². The zero-order chi connectivity index (χ0) is 32.8. The summed E-state index contributed by atoms with van der Waals surface area (Å²) in [6.45, 7) is 9.50. The van der Waals surface area contributed by atoms with Gasteiger partial charge >= 0.3 is 0 Å². The maximum absolute atomic E-state index is 13.2. The third-order valence-corrected chi connectivity index (χ3v) is 9.73. The average molecular weight is 642 g/mol. The molecule has 0 N–H and O–H groups in total. The van der Waals surface area contributed by atoms with Gasteiger partial charge in [0.15, 0.2) is 5.75 Å². The van der Waals surface area contributed by atoms with Gasteiger partial charge in [-0.3, -0.25) is 14.6 Å². The summed E-state index contributed by atoms with van der Waals surface area (Å²) < 4.78 is 8.33. The van der Waals surface area contributed by atoms with Gasteiger partial charge in [0.1, 0.15) is 0 Å². The summed E-state index contributed by atoms with van der Waals surface area (Å²) in [4.78, 5) is 18.2. The molecule has 2 heterocycles. The molecule has 5 nitrogen and oxygen atoms in total. The standard InChI is InChI=1S/C42H63N3O2/c1-2-3-4-5-6-7-8-9-10-11-12-13-14-15-16-23-32-47-42-37-45(35-39-26-21-18-22-27-39)40(33-41(42)46)36-44-30-28-43(29-31-44)34-38-24-19-17-20-25-38/h17-22,24-27,33,37H,2-16,23,28-32,34-36H2,1H3. The summed E-state index contributed by atoms with van der Waals surface area (Å²) >= 11 is 0. The highest BCUT2D eigenvalue weighted by molar-refractivity contribution is 5.24. The Morgan fingerprint density at radius 1 is 0.553 bits per heavy atom. The quantitative estimate of drug-likeness (QED) is 0.0913. The minimum Gasteiger partial charge on any atom is -0.488 e. The first-order valence-corrected chi connectivity index (χ1v) is 19.1. The van der Waals surface area contributed by atoms with Crippen molar-refractivity contribution in [1.29, 1.82) is 0 Å². The second kappa shape index (κ2) is 22.6. The molecular formula is C42H63N3O2. The Bertz CT molecular complexity index is 1270. The first-order valence-electron chi connectivity index (χ1n) is 19.1. The highest BCUT2D eigenvalue weighted by atomic mass is 16.5. The van der Waals surface area contributed by atoms with Gasteiger partial charge in [-0.2, -0.15) is 0 Å². The van der Waals surface area contributed by atoms with E-state index in [4.69, 9.17) is 4.74 Å². The molecule has 0 saturated carbocycles. The lowest BCUT2D eigenvalue weighted by molar-refractivity contribution is 0.120. The SMILES string of the molecule is CCCCCCCCCCCCCCCCCCOc1cn(Cc2ccccc2)c(CN2CCN(Cc3ccccc3)CC2)cc1=O. The fourth-order valence-corrected chi connectivity index (χ4v) is 6.77. The number of hydrogen-bond donors (Lipinski definition) is 0. The molecule has 1 saturated heterocycles. The van der Waals surface area contributed by atoms with E-state index >= 15 is 0 Å². The molecule has 1 aliphatic rings. The van der Waals surface area contributed by atoms with E-state index in [2.05, 4.69) is 82.0 Å². The second-order valence-corrected chi connectivity index (χ2v) is 13.8. The van der Waals surface area contributed by atoms with Gasteiger partial charge in [-0.05, 0) is 17.5 Å². The summed E-state index contributed by atoms with van der Waals surface area (Å²) in [5, 5.41) is 0. The molecule has 1 fully saturated rings. The predicted octanol–water partition coefficient (Wildman–Crippen LogP) is 9.85. The van der Waals surface area contributed by atoms with Crippen LogP contribution in [0.3, 0.4) is 0 Å². The van der Waals surface area contributed by atoms with Crippen molar-refractivity contribution in [2.45, 2.75) is 129 Å². The lowest BCUT2D eigenvalue weighted by Gasteiger charge is -2.35. The molecule has 0 amide bonds. The molecule has 0 bridgehead atoms. The molecule has 258 valence electrons. The zero-order valence-corrected chi connectivity index (χ0v) is 29.6. The van der Waals surface area contributed by atoms with Crippen LogP contribution in [-0.4, -0.2) is 47.2 Å². The number of aromatic nitrogens is 1. The average Bonchev–Trinajstić information content (AvgIpc) is 3.09. The van der Waals surface area contributed by atoms with Crippen molar-refractivity contribution in [3.8, 4) is 5.75 Å². The molecule has 2 aromatic carbocycles. The van der Waals surface area contributed by atoms with Crippen LogP contribution in [0.5, 0.6) is 5.75 Å². The summed E-state index contributed by atoms with van der Waals surface area (Å²) in [5.74, 6) is 0.485. The van der Waals surface area contributed by atoms with Crippen LogP contribution in [0.25, 0.3) is 0 Å². The zero-order valence-electron chi connectivity index (χ0n) is 29.6. The minimum absolute atomic E-state index is 0.00326. The number of pyridine rings is 1. The topological polar surface area (TPSA) is 37.7 Å². The largest absolute Gasteiger partial charge is 0.488 e. The molecule has 0 unspecified atom stereocenters. The van der Waals surface area contributed by atoms with Crippen LogP contribution >= 0.6 is 0 Å². The summed E-state index contributed by atoms with van der Waals surface area (Å²) in [5.41, 5.74) is 3.66. The van der Waals surface area contributed by atoms with E-state index in [-0.39, 0.29) is 5.43 Å². The van der Waals surface area contributed by atoms with Crippen LogP contribution in [0.15, 0.2) is 77.7 Å². The third kappa shape index (κ3) is 14.8. The second-order valence-electron chi connectivity index (χ2n) is 13.8. The first kappa shape index (κ1) is 36.9. The predicted molar refractivity (Wildman–Crippen MR) is 198 cm³/mol. The Kier molecular flexibility index (Phi) is 17.8. The number of ether oxygens (including phenoxy) is 1. The Morgan fingerprint density at radius 2 is 1.00 bits per heavy atom. The van der Waals surface area contributed by atoms with E-state index in [0.29, 0.717) is 12.4 Å². The number of piperazine rings is 1. The van der Waals surface area contributed by atoms with Crippen molar-refractivity contribution >= 4 is 0 Å². The molecule has 3 aromatic rings. The maximum atomic E-state index is 13.2. The van der Waals surface area contributed by atoms with E-state index in [0.717, 1.165) is 57.9 Å². The fraction of sp³-hybridized carbons (Fsp3) is 0.595. The van der Waals surface area contributed by atoms with Gasteiger partial charge in [0.2, 0.25) is 5.43 Å². The monoisotopic (exact) mass is 641 g/mol. The third-order valence-electron chi connectivity index (χ3n) is 9.73. The molecule has 0 spiro atoms. The molecule has 0 aliphatic carbocycles. The highest BCUT2D eigenvalue weighted by Crippen LogP contribution is 2.17. The molecular weight excluding hydrogens is 578 g/mol. The van der Waals surface area contributed by atoms with Crippen molar-refractivity contribution in [3.05, 3.63) is 100.0 Å². The molecule has 1 aliphatic heterocycles. The molecule has 0 atom stereocenters. The van der Waals surface area contributed by atoms with Gasteiger partial charge in [-0.15, -0.1) is 0 Å². The van der Waals surface area contributed by atoms with E-state index < -0.39 is 0 Å². The first-order chi connectivity index (χ1) is 23.2. The van der Waals surface area contributed by atoms with Crippen molar-refractivity contribution in [2.24, 2.45) is 0 Å². The van der Waals surface area contributed by atoms with Crippen LogP contribution < -0.4 is 10.2 Å². The summed E-state index contributed by atoms with van der Waals surface area (Å²) in [6, 6.07) is 23.1. The fourth-order valence-electron chi connectivity index (χ4n) is 6.77. The Labute approximate surface area is 286 Å². The highest BCUT2D eigenvalue weighted by Gasteiger charge is 2.19. The normalized spacial score (nSPS) is 14.1. The lowest BCUT2D eigenvalue weighted by Crippen LogP contribution is -2.45. The van der Waals surface area contributed by atoms with Crippen LogP contribution in [0.4, 0.5) is 0 Å². The maximum Gasteiger partial charge on any atom is 0.223 e. The van der Waals surface area contributed by atoms with E-state index in [9.17, 15) is 4.79 Å². The smallest absolute Gasteiger partial charge is 0.223 e. The Balaban J connectivity index is 1.14. The lowest BCUT2D eigenvalue weighted by atomic mass is 10.0. The van der Waals surface area contributed by atoms with Gasteiger partial charge in [0, 0.05) is 57.6 Å². The molecule has 0 radical (unpaired) electrons. The van der Waals surface area contributed by atoms with Gasteiger partial charge in [-0.1, -0.05) is 164 Å². The number of unbranched alkanes of at least 4 members (excludes halogenated alkanes) is 15. The van der Waals surface area contributed by atoms with Crippen molar-refractivity contribution in [2.75, 3.05) is 32.8 Å². The van der Waals surface area contributed by atoms with Gasteiger partial charge in [0.25, 0.3) is 0 Å². The number of hydrogen-bond acceptors (Lipinski definition) is 4. The molecule has 5 heteroatoms.